The number of piperidine rings is 1. The molecular weight excluding hydrogens is 286 g/mol. The zero-order valence-electron chi connectivity index (χ0n) is 13.6. The number of rotatable bonds is 3. The van der Waals surface area contributed by atoms with Gasteiger partial charge in [-0.3, -0.25) is 0 Å². The highest BCUT2D eigenvalue weighted by molar-refractivity contribution is 5.68. The second-order valence-corrected chi connectivity index (χ2v) is 6.00. The summed E-state index contributed by atoms with van der Waals surface area (Å²) in [5.41, 5.74) is 2.63. The summed E-state index contributed by atoms with van der Waals surface area (Å²) >= 11 is 0. The van der Waals surface area contributed by atoms with Gasteiger partial charge in [0.15, 0.2) is 0 Å². The summed E-state index contributed by atoms with van der Waals surface area (Å²) in [6, 6.07) is 21.3. The predicted molar refractivity (Wildman–Crippen MR) is 91.5 cm³/mol. The minimum atomic E-state index is -0.192. The van der Waals surface area contributed by atoms with Crippen LogP contribution in [0.5, 0.6) is 0 Å². The molecule has 0 spiro atoms. The van der Waals surface area contributed by atoms with Crippen LogP contribution in [0, 0.1) is 0 Å². The van der Waals surface area contributed by atoms with Gasteiger partial charge in [-0.05, 0) is 30.9 Å². The quantitative estimate of drug-likeness (QED) is 0.849. The molecular formula is C20H23NO2. The molecule has 1 heterocycles. The van der Waals surface area contributed by atoms with Crippen molar-refractivity contribution in [2.75, 3.05) is 19.7 Å². The average molecular weight is 309 g/mol. The van der Waals surface area contributed by atoms with Gasteiger partial charge in [0, 0.05) is 18.5 Å². The summed E-state index contributed by atoms with van der Waals surface area (Å²) in [5.74, 6) is 0. The zero-order chi connectivity index (χ0) is 16.1. The van der Waals surface area contributed by atoms with Crippen molar-refractivity contribution in [2.24, 2.45) is 0 Å². The maximum atomic E-state index is 12.0. The molecule has 0 saturated carbocycles. The monoisotopic (exact) mass is 309 g/mol. The lowest BCUT2D eigenvalue weighted by atomic mass is 9.68. The lowest BCUT2D eigenvalue weighted by molar-refractivity contribution is 0.0907. The lowest BCUT2D eigenvalue weighted by Gasteiger charge is -2.42. The number of carbonyl (C=O) groups is 1. The van der Waals surface area contributed by atoms with Crippen molar-refractivity contribution in [1.29, 1.82) is 0 Å². The maximum Gasteiger partial charge on any atom is 0.409 e. The Morgan fingerprint density at radius 3 is 1.87 bits per heavy atom. The Morgan fingerprint density at radius 2 is 1.43 bits per heavy atom. The van der Waals surface area contributed by atoms with Gasteiger partial charge in [0.05, 0.1) is 6.61 Å². The Hall–Kier alpha value is -2.29. The third kappa shape index (κ3) is 3.09. The fraction of sp³-hybridized carbons (Fsp3) is 0.350. The van der Waals surface area contributed by atoms with E-state index < -0.39 is 0 Å². The molecule has 2 aromatic carbocycles. The van der Waals surface area contributed by atoms with Crippen LogP contribution in [0.4, 0.5) is 4.79 Å². The van der Waals surface area contributed by atoms with Crippen LogP contribution in [0.25, 0.3) is 0 Å². The van der Waals surface area contributed by atoms with Crippen LogP contribution >= 0.6 is 0 Å². The number of nitrogens with zero attached hydrogens (tertiary/aromatic N) is 1. The molecule has 3 nitrogen and oxygen atoms in total. The van der Waals surface area contributed by atoms with E-state index in [9.17, 15) is 4.79 Å². The van der Waals surface area contributed by atoms with Crippen LogP contribution in [-0.2, 0) is 10.2 Å². The van der Waals surface area contributed by atoms with Crippen molar-refractivity contribution < 1.29 is 9.53 Å². The zero-order valence-corrected chi connectivity index (χ0v) is 13.6. The first-order valence-electron chi connectivity index (χ1n) is 8.29. The first-order valence-corrected chi connectivity index (χ1v) is 8.29. The molecule has 23 heavy (non-hydrogen) atoms. The fourth-order valence-electron chi connectivity index (χ4n) is 3.54. The summed E-state index contributed by atoms with van der Waals surface area (Å²) in [7, 11) is 0. The number of hydrogen-bond donors (Lipinski definition) is 0. The van der Waals surface area contributed by atoms with Gasteiger partial charge >= 0.3 is 6.09 Å². The second kappa shape index (κ2) is 6.86. The minimum Gasteiger partial charge on any atom is -0.450 e. The molecule has 1 fully saturated rings. The Bertz CT molecular complexity index is 590. The topological polar surface area (TPSA) is 29.5 Å². The number of benzene rings is 2. The van der Waals surface area contributed by atoms with E-state index in [1.807, 2.05) is 11.8 Å². The van der Waals surface area contributed by atoms with Gasteiger partial charge < -0.3 is 9.64 Å². The van der Waals surface area contributed by atoms with E-state index >= 15 is 0 Å². The van der Waals surface area contributed by atoms with Crippen molar-refractivity contribution >= 4 is 6.09 Å². The van der Waals surface area contributed by atoms with Crippen molar-refractivity contribution in [3.8, 4) is 0 Å². The molecule has 0 bridgehead atoms. The third-order valence-electron chi connectivity index (χ3n) is 4.80. The molecule has 1 saturated heterocycles. The molecule has 2 aromatic rings. The number of ether oxygens (including phenoxy) is 1. The Kier molecular flexibility index (Phi) is 4.65. The van der Waals surface area contributed by atoms with E-state index in [0.717, 1.165) is 25.9 Å². The van der Waals surface area contributed by atoms with Gasteiger partial charge in [0.25, 0.3) is 0 Å². The van der Waals surface area contributed by atoms with Crippen LogP contribution in [0.2, 0.25) is 0 Å². The highest BCUT2D eigenvalue weighted by atomic mass is 16.6. The van der Waals surface area contributed by atoms with E-state index in [4.69, 9.17) is 4.74 Å². The van der Waals surface area contributed by atoms with Crippen molar-refractivity contribution in [3.05, 3.63) is 71.8 Å². The molecule has 0 aliphatic carbocycles. The second-order valence-electron chi connectivity index (χ2n) is 6.00. The molecule has 3 heteroatoms. The van der Waals surface area contributed by atoms with Gasteiger partial charge in [-0.25, -0.2) is 4.79 Å². The van der Waals surface area contributed by atoms with Crippen LogP contribution in [0.1, 0.15) is 30.9 Å². The molecule has 0 aromatic heterocycles. The van der Waals surface area contributed by atoms with E-state index in [1.54, 1.807) is 0 Å². The summed E-state index contributed by atoms with van der Waals surface area (Å²) in [6.45, 7) is 3.73. The van der Waals surface area contributed by atoms with Crippen LogP contribution in [-0.4, -0.2) is 30.7 Å². The highest BCUT2D eigenvalue weighted by Crippen LogP contribution is 2.41. The standard InChI is InChI=1S/C20H23NO2/c1-2-23-19(22)21-15-13-20(14-16-21,17-9-5-3-6-10-17)18-11-7-4-8-12-18/h3-12H,2,13-16H2,1H3. The van der Waals surface area contributed by atoms with Crippen LogP contribution < -0.4 is 0 Å². The van der Waals surface area contributed by atoms with E-state index in [1.165, 1.54) is 11.1 Å². The Morgan fingerprint density at radius 1 is 0.957 bits per heavy atom. The summed E-state index contributed by atoms with van der Waals surface area (Å²) in [5, 5.41) is 0. The van der Waals surface area contributed by atoms with Gasteiger partial charge in [-0.1, -0.05) is 60.7 Å². The molecule has 1 aliphatic rings. The number of carbonyl (C=O) groups excluding carboxylic acids is 1. The molecule has 0 radical (unpaired) electrons. The van der Waals surface area contributed by atoms with Crippen molar-refractivity contribution in [2.45, 2.75) is 25.2 Å². The van der Waals surface area contributed by atoms with Gasteiger partial charge in [0.1, 0.15) is 0 Å². The molecule has 1 aliphatic heterocycles. The third-order valence-corrected chi connectivity index (χ3v) is 4.80. The first kappa shape index (κ1) is 15.6. The summed E-state index contributed by atoms with van der Waals surface area (Å²) < 4.78 is 5.15. The maximum absolute atomic E-state index is 12.0. The fourth-order valence-corrected chi connectivity index (χ4v) is 3.54. The van der Waals surface area contributed by atoms with Gasteiger partial charge in [-0.15, -0.1) is 0 Å². The molecule has 1 amide bonds. The predicted octanol–water partition coefficient (Wildman–Crippen LogP) is 4.23. The smallest absolute Gasteiger partial charge is 0.409 e. The summed E-state index contributed by atoms with van der Waals surface area (Å²) in [6.07, 6.45) is 1.64. The Balaban J connectivity index is 1.90. The normalized spacial score (nSPS) is 16.8. The van der Waals surface area contributed by atoms with Crippen molar-refractivity contribution in [1.82, 2.24) is 4.90 Å². The minimum absolute atomic E-state index is 0.0223. The highest BCUT2D eigenvalue weighted by Gasteiger charge is 2.39. The molecule has 0 N–H and O–H groups in total. The Labute approximate surface area is 137 Å². The molecule has 120 valence electrons. The average Bonchev–Trinajstić information content (AvgIpc) is 2.63. The molecule has 3 rings (SSSR count). The molecule has 0 unspecified atom stereocenters. The van der Waals surface area contributed by atoms with Gasteiger partial charge in [0.2, 0.25) is 0 Å². The SMILES string of the molecule is CCOC(=O)N1CCC(c2ccccc2)(c2ccccc2)CC1. The van der Waals surface area contributed by atoms with Gasteiger partial charge in [-0.2, -0.15) is 0 Å². The van der Waals surface area contributed by atoms with E-state index in [0.29, 0.717) is 6.61 Å². The first-order chi connectivity index (χ1) is 11.3. The van der Waals surface area contributed by atoms with E-state index in [2.05, 4.69) is 60.7 Å². The number of hydrogen-bond acceptors (Lipinski definition) is 2. The number of amides is 1. The van der Waals surface area contributed by atoms with E-state index in [-0.39, 0.29) is 11.5 Å². The lowest BCUT2D eigenvalue weighted by Crippen LogP contribution is -2.46. The largest absolute Gasteiger partial charge is 0.450 e. The van der Waals surface area contributed by atoms with Crippen molar-refractivity contribution in [3.63, 3.8) is 0 Å². The summed E-state index contributed by atoms with van der Waals surface area (Å²) in [4.78, 5) is 13.8. The van der Waals surface area contributed by atoms with Crippen LogP contribution in [0.15, 0.2) is 60.7 Å². The van der Waals surface area contributed by atoms with Crippen LogP contribution in [0.3, 0.4) is 0 Å². The number of likely N-dealkylation sites (tertiary alicyclic amines) is 1. The molecule has 0 atom stereocenters.